The fourth-order valence-electron chi connectivity index (χ4n) is 7.31. The maximum absolute atomic E-state index is 14.4. The number of thiophene rings is 1. The normalized spacial score (nSPS) is 26.5. The summed E-state index contributed by atoms with van der Waals surface area (Å²) in [5.74, 6) is 1.68. The second-order valence-corrected chi connectivity index (χ2v) is 14.3. The summed E-state index contributed by atoms with van der Waals surface area (Å²) in [7, 11) is 0. The Morgan fingerprint density at radius 1 is 1.17 bits per heavy atom. The Kier molecular flexibility index (Phi) is 6.06. The third-order valence-corrected chi connectivity index (χ3v) is 12.1. The molecule has 2 aromatic rings. The summed E-state index contributed by atoms with van der Waals surface area (Å²) in [6.45, 7) is 5.15. The summed E-state index contributed by atoms with van der Waals surface area (Å²) in [5, 5.41) is 30.8. The predicted octanol–water partition coefficient (Wildman–Crippen LogP) is 3.66. The van der Waals surface area contributed by atoms with Crippen LogP contribution in [0.15, 0.2) is 0 Å². The van der Waals surface area contributed by atoms with Crippen molar-refractivity contribution in [2.24, 2.45) is 0 Å². The number of ether oxygens (including phenoxy) is 1. The molecule has 3 saturated heterocycles. The third-order valence-electron chi connectivity index (χ3n) is 9.46. The zero-order valence-corrected chi connectivity index (χ0v) is 24.5. The van der Waals surface area contributed by atoms with Gasteiger partial charge in [-0.25, -0.2) is 4.39 Å². The molecule has 1 aliphatic carbocycles. The number of nitrogens with two attached hydrogens (primary N) is 1. The molecule has 1 spiro atoms. The first kappa shape index (κ1) is 26.6. The average Bonchev–Trinajstić information content (AvgIpc) is 3.16. The van der Waals surface area contributed by atoms with E-state index < -0.39 is 11.7 Å². The minimum atomic E-state index is -0.872. The van der Waals surface area contributed by atoms with E-state index in [1.54, 1.807) is 11.8 Å². The molecule has 5 aliphatic rings. The van der Waals surface area contributed by atoms with Crippen LogP contribution in [-0.4, -0.2) is 71.4 Å². The number of halogens is 1. The molecule has 2 aromatic heterocycles. The Bertz CT molecular complexity index is 1550. The third kappa shape index (κ3) is 3.88. The van der Waals surface area contributed by atoms with Gasteiger partial charge >= 0.3 is 6.01 Å². The lowest BCUT2D eigenvalue weighted by atomic mass is 9.88. The second kappa shape index (κ2) is 9.35. The molecule has 0 aromatic carbocycles. The van der Waals surface area contributed by atoms with Crippen LogP contribution in [0.2, 0.25) is 0 Å². The molecule has 212 valence electrons. The number of aromatic nitrogens is 2. The Morgan fingerprint density at radius 2 is 1.95 bits per heavy atom. The maximum atomic E-state index is 14.4. The summed E-state index contributed by atoms with van der Waals surface area (Å²) in [5.41, 5.74) is 7.00. The molecule has 10 nitrogen and oxygen atoms in total. The van der Waals surface area contributed by atoms with Crippen LogP contribution in [-0.2, 0) is 10.5 Å². The van der Waals surface area contributed by atoms with Crippen molar-refractivity contribution in [3.63, 3.8) is 0 Å². The second-order valence-electron chi connectivity index (χ2n) is 11.8. The number of hydrogen-bond acceptors (Lipinski definition) is 12. The fourth-order valence-corrected chi connectivity index (χ4v) is 10.1. The standard InChI is InChI=1S/C28H30FN9OS2/c1-2-38(26(13-32)5-6-26)24-19(10-31)23(34-25(35-24)39-16-27-4-3-7-37(27)11-17(29)8-27)36-14-28(15-36)21-18(9-30)22(33)41-20(21)12-40-28/h17H,2-8,11-12,14-16,33H2,1H3/t17-,27+/m1/s1. The zero-order valence-electron chi connectivity index (χ0n) is 22.8. The van der Waals surface area contributed by atoms with Gasteiger partial charge in [0.05, 0.1) is 21.9 Å². The Hall–Kier alpha value is -3.31. The van der Waals surface area contributed by atoms with Crippen molar-refractivity contribution in [3.05, 3.63) is 21.6 Å². The van der Waals surface area contributed by atoms with Gasteiger partial charge in [0.15, 0.2) is 11.6 Å². The summed E-state index contributed by atoms with van der Waals surface area (Å²) < 4.78 is 20.4. The van der Waals surface area contributed by atoms with Crippen LogP contribution in [0.4, 0.5) is 21.0 Å². The van der Waals surface area contributed by atoms with Gasteiger partial charge in [-0.05, 0) is 39.2 Å². The molecule has 41 heavy (non-hydrogen) atoms. The first-order valence-electron chi connectivity index (χ1n) is 14.0. The fraction of sp³-hybridized carbons (Fsp3) is 0.607. The van der Waals surface area contributed by atoms with Crippen LogP contribution in [0.25, 0.3) is 0 Å². The molecular formula is C28H30FN9OS2. The minimum Gasteiger partial charge on any atom is -0.461 e. The molecule has 4 fully saturated rings. The molecule has 0 amide bonds. The highest BCUT2D eigenvalue weighted by Gasteiger charge is 2.55. The summed E-state index contributed by atoms with van der Waals surface area (Å²) in [4.78, 5) is 16.8. The number of anilines is 3. The van der Waals surface area contributed by atoms with Crippen LogP contribution < -0.4 is 20.3 Å². The predicted molar refractivity (Wildman–Crippen MR) is 155 cm³/mol. The van der Waals surface area contributed by atoms with E-state index in [1.807, 2.05) is 16.7 Å². The van der Waals surface area contributed by atoms with Gasteiger partial charge in [-0.3, -0.25) is 4.90 Å². The number of thioether (sulfide) groups is 1. The van der Waals surface area contributed by atoms with Crippen LogP contribution in [0.3, 0.4) is 0 Å². The molecule has 2 N–H and O–H groups in total. The summed E-state index contributed by atoms with van der Waals surface area (Å²) in [6, 6.07) is 7.21. The Labute approximate surface area is 246 Å². The van der Waals surface area contributed by atoms with E-state index in [9.17, 15) is 20.2 Å². The Balaban J connectivity index is 1.25. The van der Waals surface area contributed by atoms with Crippen molar-refractivity contribution in [3.8, 4) is 24.2 Å². The largest absolute Gasteiger partial charge is 0.461 e. The van der Waals surface area contributed by atoms with Crippen molar-refractivity contribution in [2.45, 2.75) is 66.8 Å². The highest BCUT2D eigenvalue weighted by atomic mass is 32.2. The van der Waals surface area contributed by atoms with Crippen molar-refractivity contribution in [2.75, 3.05) is 54.9 Å². The lowest BCUT2D eigenvalue weighted by Gasteiger charge is -2.49. The highest BCUT2D eigenvalue weighted by molar-refractivity contribution is 8.00. The first-order chi connectivity index (χ1) is 19.8. The number of nitrogen functional groups attached to an aromatic ring is 1. The summed E-state index contributed by atoms with van der Waals surface area (Å²) in [6.07, 6.45) is 2.83. The van der Waals surface area contributed by atoms with Crippen LogP contribution >= 0.6 is 23.1 Å². The summed E-state index contributed by atoms with van der Waals surface area (Å²) >= 11 is 3.28. The molecule has 0 unspecified atom stereocenters. The van der Waals surface area contributed by atoms with Gasteiger partial charge in [-0.1, -0.05) is 0 Å². The van der Waals surface area contributed by atoms with E-state index in [2.05, 4.69) is 23.1 Å². The molecule has 0 radical (unpaired) electrons. The molecule has 7 rings (SSSR count). The lowest BCUT2D eigenvalue weighted by Crippen LogP contribution is -2.57. The smallest absolute Gasteiger partial charge is 0.320 e. The van der Waals surface area contributed by atoms with E-state index in [-0.39, 0.29) is 22.9 Å². The first-order valence-corrected chi connectivity index (χ1v) is 15.8. The number of nitriles is 3. The van der Waals surface area contributed by atoms with Gasteiger partial charge in [-0.2, -0.15) is 25.8 Å². The average molecular weight is 592 g/mol. The topological polar surface area (TPSA) is 142 Å². The van der Waals surface area contributed by atoms with Crippen molar-refractivity contribution in [1.82, 2.24) is 14.9 Å². The van der Waals surface area contributed by atoms with Crippen molar-refractivity contribution < 1.29 is 9.13 Å². The van der Waals surface area contributed by atoms with Crippen LogP contribution in [0.5, 0.6) is 6.01 Å². The van der Waals surface area contributed by atoms with Gasteiger partial charge in [0.1, 0.15) is 41.0 Å². The van der Waals surface area contributed by atoms with E-state index in [0.717, 1.165) is 35.6 Å². The monoisotopic (exact) mass is 591 g/mol. The molecule has 1 saturated carbocycles. The van der Waals surface area contributed by atoms with Crippen molar-refractivity contribution >= 4 is 39.7 Å². The van der Waals surface area contributed by atoms with Gasteiger partial charge in [-0.15, -0.1) is 23.1 Å². The SMILES string of the molecule is CCN(c1nc(OC[C@@]23CCCN2C[C@H](F)C3)nc(N2CC3(C2)SCc2sc(N)c(C#N)c23)c1C#N)C1(C#N)CC1. The highest BCUT2D eigenvalue weighted by Crippen LogP contribution is 2.58. The zero-order chi connectivity index (χ0) is 28.6. The molecule has 2 atom stereocenters. The van der Waals surface area contributed by atoms with Gasteiger partial charge in [0.25, 0.3) is 0 Å². The van der Waals surface area contributed by atoms with E-state index in [1.165, 1.54) is 11.3 Å². The minimum absolute atomic E-state index is 0.142. The molecular weight excluding hydrogens is 562 g/mol. The van der Waals surface area contributed by atoms with Gasteiger partial charge in [0, 0.05) is 48.8 Å². The molecule has 6 heterocycles. The van der Waals surface area contributed by atoms with Crippen LogP contribution in [0.1, 0.15) is 60.6 Å². The molecule has 13 heteroatoms. The quantitative estimate of drug-likeness (QED) is 0.504. The van der Waals surface area contributed by atoms with Crippen LogP contribution in [0, 0.1) is 34.0 Å². The maximum Gasteiger partial charge on any atom is 0.320 e. The molecule has 4 aliphatic heterocycles. The van der Waals surface area contributed by atoms with E-state index in [0.29, 0.717) is 73.2 Å². The molecule has 0 bridgehead atoms. The number of rotatable bonds is 7. The number of nitrogens with zero attached hydrogens (tertiary/aromatic N) is 8. The van der Waals surface area contributed by atoms with Gasteiger partial charge in [0.2, 0.25) is 0 Å². The van der Waals surface area contributed by atoms with Gasteiger partial charge < -0.3 is 20.3 Å². The van der Waals surface area contributed by atoms with Crippen molar-refractivity contribution in [1.29, 1.82) is 15.8 Å². The Morgan fingerprint density at radius 3 is 2.63 bits per heavy atom. The lowest BCUT2D eigenvalue weighted by molar-refractivity contribution is 0.107. The number of alkyl halides is 1. The van der Waals surface area contributed by atoms with E-state index >= 15 is 0 Å². The van der Waals surface area contributed by atoms with E-state index in [4.69, 9.17) is 20.4 Å². The number of hydrogen-bond donors (Lipinski definition) is 1. The number of fused-ring (bicyclic) bond motifs is 3.